The summed E-state index contributed by atoms with van der Waals surface area (Å²) < 4.78 is 36.0. The Balaban J connectivity index is 3.02. The fourth-order valence-corrected chi connectivity index (χ4v) is 1.97. The molecule has 0 bridgehead atoms. The molecule has 0 aliphatic heterocycles. The lowest BCUT2D eigenvalue weighted by molar-refractivity contribution is -0.127. The van der Waals surface area contributed by atoms with Crippen LogP contribution in [0.25, 0.3) is 0 Å². The van der Waals surface area contributed by atoms with Gasteiger partial charge in [0.25, 0.3) is 0 Å². The van der Waals surface area contributed by atoms with Crippen LogP contribution in [0.4, 0.5) is 13.2 Å². The summed E-state index contributed by atoms with van der Waals surface area (Å²) in [7, 11) is 0. The highest BCUT2D eigenvalue weighted by Crippen LogP contribution is 2.28. The molecule has 0 aliphatic carbocycles. The Kier molecular flexibility index (Phi) is 2.84. The molecule has 0 aliphatic rings. The van der Waals surface area contributed by atoms with Gasteiger partial charge in [-0.2, -0.15) is 13.2 Å². The van der Waals surface area contributed by atoms with E-state index in [1.807, 2.05) is 0 Å². The first-order valence-corrected chi connectivity index (χ1v) is 4.50. The van der Waals surface area contributed by atoms with Crippen LogP contribution in [0.15, 0.2) is 6.07 Å². The highest BCUT2D eigenvalue weighted by Gasteiger charge is 2.30. The summed E-state index contributed by atoms with van der Waals surface area (Å²) in [4.78, 5) is 10.9. The Labute approximate surface area is 82.0 Å². The van der Waals surface area contributed by atoms with Gasteiger partial charge in [-0.15, -0.1) is 11.3 Å². The van der Waals surface area contributed by atoms with Gasteiger partial charge in [0.1, 0.15) is 4.88 Å². The summed E-state index contributed by atoms with van der Waals surface area (Å²) in [5, 5.41) is 8.62. The molecular formula is C8H7F3O2S. The maximum Gasteiger partial charge on any atom is 0.393 e. The minimum absolute atomic E-state index is 0.160. The Hall–Kier alpha value is -1.04. The average molecular weight is 224 g/mol. The van der Waals surface area contributed by atoms with E-state index >= 15 is 0 Å². The van der Waals surface area contributed by atoms with E-state index in [9.17, 15) is 18.0 Å². The molecule has 1 heterocycles. The highest BCUT2D eigenvalue weighted by molar-refractivity contribution is 7.14. The number of halogens is 3. The van der Waals surface area contributed by atoms with Gasteiger partial charge >= 0.3 is 12.1 Å². The molecule has 1 N–H and O–H groups in total. The topological polar surface area (TPSA) is 37.3 Å². The quantitative estimate of drug-likeness (QED) is 0.838. The van der Waals surface area contributed by atoms with E-state index in [1.54, 1.807) is 6.92 Å². The summed E-state index contributed by atoms with van der Waals surface area (Å²) in [6, 6.07) is 1.27. The van der Waals surface area contributed by atoms with Crippen molar-refractivity contribution in [3.8, 4) is 0 Å². The van der Waals surface area contributed by atoms with Crippen molar-refractivity contribution >= 4 is 17.3 Å². The smallest absolute Gasteiger partial charge is 0.393 e. The number of hydrogen-bond donors (Lipinski definition) is 1. The van der Waals surface area contributed by atoms with Crippen molar-refractivity contribution in [2.45, 2.75) is 19.5 Å². The second-order valence-electron chi connectivity index (χ2n) is 2.81. The van der Waals surface area contributed by atoms with Crippen molar-refractivity contribution in [2.24, 2.45) is 0 Å². The summed E-state index contributed by atoms with van der Waals surface area (Å²) in [5.41, 5.74) is -0.160. The Bertz CT molecular complexity index is 354. The molecule has 0 saturated carbocycles. The number of alkyl halides is 3. The van der Waals surface area contributed by atoms with Gasteiger partial charge in [-0.1, -0.05) is 0 Å². The van der Waals surface area contributed by atoms with Gasteiger partial charge in [-0.3, -0.25) is 0 Å². The molecule has 6 heteroatoms. The third kappa shape index (κ3) is 2.73. The molecule has 14 heavy (non-hydrogen) atoms. The van der Waals surface area contributed by atoms with Crippen molar-refractivity contribution in [3.63, 3.8) is 0 Å². The third-order valence-electron chi connectivity index (χ3n) is 1.52. The van der Waals surface area contributed by atoms with Crippen LogP contribution in [-0.4, -0.2) is 17.3 Å². The molecule has 0 atom stereocenters. The van der Waals surface area contributed by atoms with Crippen LogP contribution in [0, 0.1) is 6.92 Å². The predicted octanol–water partition coefficient (Wildman–Crippen LogP) is 2.86. The van der Waals surface area contributed by atoms with E-state index in [0.717, 1.165) is 11.3 Å². The van der Waals surface area contributed by atoms with Crippen molar-refractivity contribution in [3.05, 3.63) is 21.4 Å². The number of aromatic carboxylic acids is 1. The second kappa shape index (κ2) is 3.61. The van der Waals surface area contributed by atoms with Crippen molar-refractivity contribution < 1.29 is 23.1 Å². The normalized spacial score (nSPS) is 11.7. The van der Waals surface area contributed by atoms with E-state index in [-0.39, 0.29) is 10.4 Å². The molecule has 2 nitrogen and oxygen atoms in total. The number of carboxylic acid groups (broad SMARTS) is 1. The van der Waals surface area contributed by atoms with E-state index < -0.39 is 18.6 Å². The van der Waals surface area contributed by atoms with E-state index in [4.69, 9.17) is 5.11 Å². The van der Waals surface area contributed by atoms with Gasteiger partial charge in [0.05, 0.1) is 6.42 Å². The molecule has 0 fully saturated rings. The minimum Gasteiger partial charge on any atom is -0.477 e. The number of carbonyl (C=O) groups is 1. The number of thiophene rings is 1. The first kappa shape index (κ1) is 11.0. The summed E-state index contributed by atoms with van der Waals surface area (Å²) >= 11 is 0.864. The zero-order chi connectivity index (χ0) is 10.9. The first-order valence-electron chi connectivity index (χ1n) is 3.69. The molecule has 1 rings (SSSR count). The Morgan fingerprint density at radius 1 is 1.57 bits per heavy atom. The molecule has 0 saturated heterocycles. The monoisotopic (exact) mass is 224 g/mol. The zero-order valence-corrected chi connectivity index (χ0v) is 8.00. The Morgan fingerprint density at radius 2 is 2.14 bits per heavy atom. The van der Waals surface area contributed by atoms with E-state index in [0.29, 0.717) is 4.88 Å². The van der Waals surface area contributed by atoms with Gasteiger partial charge in [0.15, 0.2) is 0 Å². The van der Waals surface area contributed by atoms with Crippen LogP contribution in [0.5, 0.6) is 0 Å². The second-order valence-corrected chi connectivity index (χ2v) is 4.06. The summed E-state index contributed by atoms with van der Waals surface area (Å²) in [6.07, 6.45) is -5.54. The Morgan fingerprint density at radius 3 is 2.57 bits per heavy atom. The van der Waals surface area contributed by atoms with Crippen molar-refractivity contribution in [2.75, 3.05) is 0 Å². The number of aryl methyl sites for hydroxylation is 1. The van der Waals surface area contributed by atoms with Crippen LogP contribution in [-0.2, 0) is 6.42 Å². The summed E-state index contributed by atoms with van der Waals surface area (Å²) in [6.45, 7) is 1.58. The number of rotatable bonds is 2. The SMILES string of the molecule is Cc1cc(CC(F)(F)F)c(C(=O)O)s1. The van der Waals surface area contributed by atoms with Crippen molar-refractivity contribution in [1.29, 1.82) is 0 Å². The maximum absolute atomic E-state index is 12.0. The van der Waals surface area contributed by atoms with Crippen LogP contribution < -0.4 is 0 Å². The van der Waals surface area contributed by atoms with Gasteiger partial charge in [0, 0.05) is 4.88 Å². The predicted molar refractivity (Wildman–Crippen MR) is 45.8 cm³/mol. The fourth-order valence-electron chi connectivity index (χ4n) is 1.10. The van der Waals surface area contributed by atoms with E-state index in [1.165, 1.54) is 6.07 Å². The van der Waals surface area contributed by atoms with Crippen LogP contribution in [0.1, 0.15) is 20.1 Å². The van der Waals surface area contributed by atoms with Crippen LogP contribution in [0.3, 0.4) is 0 Å². The molecule has 0 amide bonds. The minimum atomic E-state index is -4.36. The van der Waals surface area contributed by atoms with E-state index in [2.05, 4.69) is 0 Å². The molecule has 0 radical (unpaired) electrons. The molecule has 0 aromatic carbocycles. The maximum atomic E-state index is 12.0. The van der Waals surface area contributed by atoms with Crippen molar-refractivity contribution in [1.82, 2.24) is 0 Å². The van der Waals surface area contributed by atoms with Gasteiger partial charge in [-0.05, 0) is 18.6 Å². The molecule has 1 aromatic heterocycles. The van der Waals surface area contributed by atoms with Gasteiger partial charge in [0.2, 0.25) is 0 Å². The standard InChI is InChI=1S/C8H7F3O2S/c1-4-2-5(3-8(9,10)11)6(14-4)7(12)13/h2H,3H2,1H3,(H,12,13). The molecule has 78 valence electrons. The molecular weight excluding hydrogens is 217 g/mol. The first-order chi connectivity index (χ1) is 6.29. The molecule has 0 unspecified atom stereocenters. The average Bonchev–Trinajstić information content (AvgIpc) is 2.27. The van der Waals surface area contributed by atoms with Crippen LogP contribution in [0.2, 0.25) is 0 Å². The third-order valence-corrected chi connectivity index (χ3v) is 2.60. The lowest BCUT2D eigenvalue weighted by Crippen LogP contribution is -2.13. The lowest BCUT2D eigenvalue weighted by Gasteiger charge is -2.04. The van der Waals surface area contributed by atoms with Crippen LogP contribution >= 0.6 is 11.3 Å². The zero-order valence-electron chi connectivity index (χ0n) is 7.18. The molecule has 0 spiro atoms. The number of carboxylic acids is 1. The number of hydrogen-bond acceptors (Lipinski definition) is 2. The lowest BCUT2D eigenvalue weighted by atomic mass is 10.2. The summed E-state index contributed by atoms with van der Waals surface area (Å²) in [5.74, 6) is -1.30. The highest BCUT2D eigenvalue weighted by atomic mass is 32.1. The molecule has 1 aromatic rings. The largest absolute Gasteiger partial charge is 0.477 e. The van der Waals surface area contributed by atoms with Gasteiger partial charge in [-0.25, -0.2) is 4.79 Å². The van der Waals surface area contributed by atoms with Gasteiger partial charge < -0.3 is 5.11 Å². The fraction of sp³-hybridized carbons (Fsp3) is 0.375.